The average molecular weight is 307 g/mol. The molecule has 1 aliphatic heterocycles. The molecular weight excluding hydrogens is 278 g/mol. The van der Waals surface area contributed by atoms with E-state index in [1.807, 2.05) is 18.2 Å². The Morgan fingerprint density at radius 1 is 0.955 bits per heavy atom. The number of ether oxygens (including phenoxy) is 2. The van der Waals surface area contributed by atoms with Crippen molar-refractivity contribution in [3.63, 3.8) is 0 Å². The molecule has 0 aliphatic carbocycles. The van der Waals surface area contributed by atoms with Gasteiger partial charge in [-0.1, -0.05) is 33.8 Å². The van der Waals surface area contributed by atoms with Gasteiger partial charge in [0.05, 0.1) is 6.10 Å². The Hall–Kier alpha value is -1.26. The minimum absolute atomic E-state index is 0.506. The van der Waals surface area contributed by atoms with Crippen LogP contribution < -0.4 is 9.47 Å². The fourth-order valence-corrected chi connectivity index (χ4v) is 2.87. The summed E-state index contributed by atoms with van der Waals surface area (Å²) in [5, 5.41) is 10.6. The van der Waals surface area contributed by atoms with Crippen LogP contribution in [0.3, 0.4) is 0 Å². The van der Waals surface area contributed by atoms with E-state index in [0.29, 0.717) is 31.6 Å². The summed E-state index contributed by atoms with van der Waals surface area (Å²) in [6.07, 6.45) is -0.506. The van der Waals surface area contributed by atoms with E-state index in [9.17, 15) is 5.11 Å². The first-order valence-corrected chi connectivity index (χ1v) is 8.25. The molecule has 1 aromatic rings. The number of nitrogens with zero attached hydrogens (tertiary/aromatic N) is 1. The molecule has 2 rings (SSSR count). The van der Waals surface area contributed by atoms with Crippen LogP contribution in [-0.2, 0) is 0 Å². The second-order valence-corrected chi connectivity index (χ2v) is 6.93. The summed E-state index contributed by atoms with van der Waals surface area (Å²) in [5.74, 6) is 2.68. The van der Waals surface area contributed by atoms with Crippen molar-refractivity contribution in [1.29, 1.82) is 0 Å². The zero-order valence-electron chi connectivity index (χ0n) is 14.2. The van der Waals surface area contributed by atoms with Crippen molar-refractivity contribution < 1.29 is 14.6 Å². The lowest BCUT2D eigenvalue weighted by atomic mass is 10.1. The second kappa shape index (κ2) is 7.84. The predicted molar refractivity (Wildman–Crippen MR) is 88.5 cm³/mol. The minimum Gasteiger partial charge on any atom is -0.486 e. The Balaban J connectivity index is 2.04. The summed E-state index contributed by atoms with van der Waals surface area (Å²) in [6.45, 7) is 12.7. The Bertz CT molecular complexity index is 463. The van der Waals surface area contributed by atoms with Crippen LogP contribution in [-0.4, -0.2) is 42.9 Å². The molecule has 0 fully saturated rings. The minimum atomic E-state index is -0.506. The van der Waals surface area contributed by atoms with Crippen LogP contribution in [0.4, 0.5) is 0 Å². The van der Waals surface area contributed by atoms with Gasteiger partial charge in [0.15, 0.2) is 11.5 Å². The van der Waals surface area contributed by atoms with Crippen molar-refractivity contribution in [3.05, 3.63) is 23.8 Å². The molecule has 4 heteroatoms. The van der Waals surface area contributed by atoms with Gasteiger partial charge in [-0.15, -0.1) is 0 Å². The van der Waals surface area contributed by atoms with Crippen LogP contribution in [0.25, 0.3) is 0 Å². The van der Waals surface area contributed by atoms with E-state index in [2.05, 4.69) is 32.6 Å². The van der Waals surface area contributed by atoms with Gasteiger partial charge < -0.3 is 14.6 Å². The van der Waals surface area contributed by atoms with Gasteiger partial charge in [-0.2, -0.15) is 0 Å². The van der Waals surface area contributed by atoms with Gasteiger partial charge in [0.2, 0.25) is 0 Å². The first-order valence-electron chi connectivity index (χ1n) is 8.25. The summed E-state index contributed by atoms with van der Waals surface area (Å²) in [5.41, 5.74) is 0.891. The van der Waals surface area contributed by atoms with E-state index >= 15 is 0 Å². The smallest absolute Gasteiger partial charge is 0.161 e. The Labute approximate surface area is 134 Å². The number of rotatable bonds is 7. The van der Waals surface area contributed by atoms with Crippen molar-refractivity contribution in [1.82, 2.24) is 4.90 Å². The van der Waals surface area contributed by atoms with Crippen LogP contribution >= 0.6 is 0 Å². The van der Waals surface area contributed by atoms with Crippen LogP contribution in [0, 0.1) is 11.8 Å². The highest BCUT2D eigenvalue weighted by Gasteiger charge is 2.19. The van der Waals surface area contributed by atoms with Crippen molar-refractivity contribution in [2.24, 2.45) is 11.8 Å². The molecule has 4 nitrogen and oxygen atoms in total. The SMILES string of the molecule is CC(C)CN(CC(C)C)CC(O)c1ccc2c(c1)OCCO2. The fraction of sp³-hybridized carbons (Fsp3) is 0.667. The van der Waals surface area contributed by atoms with Gasteiger partial charge in [-0.05, 0) is 29.5 Å². The Morgan fingerprint density at radius 2 is 1.55 bits per heavy atom. The normalized spacial score (nSPS) is 15.6. The maximum absolute atomic E-state index is 10.6. The molecule has 1 N–H and O–H groups in total. The highest BCUT2D eigenvalue weighted by Crippen LogP contribution is 2.32. The third kappa shape index (κ3) is 4.89. The molecule has 1 atom stereocenters. The van der Waals surface area contributed by atoms with Crippen molar-refractivity contribution in [2.75, 3.05) is 32.8 Å². The van der Waals surface area contributed by atoms with Crippen LogP contribution in [0.2, 0.25) is 0 Å². The number of aliphatic hydroxyl groups excluding tert-OH is 1. The fourth-order valence-electron chi connectivity index (χ4n) is 2.87. The standard InChI is InChI=1S/C18H29NO3/c1-13(2)10-19(11-14(3)4)12-16(20)15-5-6-17-18(9-15)22-8-7-21-17/h5-6,9,13-14,16,20H,7-8,10-12H2,1-4H3. The zero-order valence-corrected chi connectivity index (χ0v) is 14.2. The molecule has 124 valence electrons. The monoisotopic (exact) mass is 307 g/mol. The average Bonchev–Trinajstić information content (AvgIpc) is 2.45. The number of fused-ring (bicyclic) bond motifs is 1. The summed E-state index contributed by atoms with van der Waals surface area (Å²) < 4.78 is 11.1. The number of hydrogen-bond donors (Lipinski definition) is 1. The van der Waals surface area contributed by atoms with E-state index in [-0.39, 0.29) is 0 Å². The van der Waals surface area contributed by atoms with Gasteiger partial charge in [-0.3, -0.25) is 4.90 Å². The number of hydrogen-bond acceptors (Lipinski definition) is 4. The van der Waals surface area contributed by atoms with Crippen molar-refractivity contribution in [3.8, 4) is 11.5 Å². The Kier molecular flexibility index (Phi) is 6.09. The van der Waals surface area contributed by atoms with Gasteiger partial charge >= 0.3 is 0 Å². The molecule has 0 saturated heterocycles. The number of aliphatic hydroxyl groups is 1. The number of benzene rings is 1. The summed E-state index contributed by atoms with van der Waals surface area (Å²) >= 11 is 0. The molecule has 0 saturated carbocycles. The first kappa shape index (κ1) is 17.1. The molecule has 1 heterocycles. The maximum atomic E-state index is 10.6. The van der Waals surface area contributed by atoms with E-state index < -0.39 is 6.10 Å². The second-order valence-electron chi connectivity index (χ2n) is 6.93. The first-order chi connectivity index (χ1) is 10.5. The van der Waals surface area contributed by atoms with E-state index in [0.717, 1.165) is 30.2 Å². The maximum Gasteiger partial charge on any atom is 0.161 e. The molecule has 0 bridgehead atoms. The third-order valence-corrected chi connectivity index (χ3v) is 3.63. The van der Waals surface area contributed by atoms with Crippen LogP contribution in [0.5, 0.6) is 11.5 Å². The van der Waals surface area contributed by atoms with Gasteiger partial charge in [-0.25, -0.2) is 0 Å². The molecule has 22 heavy (non-hydrogen) atoms. The molecule has 0 amide bonds. The lowest BCUT2D eigenvalue weighted by Gasteiger charge is -2.28. The molecule has 1 aromatic carbocycles. The van der Waals surface area contributed by atoms with E-state index in [1.54, 1.807) is 0 Å². The summed E-state index contributed by atoms with van der Waals surface area (Å²) in [7, 11) is 0. The van der Waals surface area contributed by atoms with Gasteiger partial charge in [0, 0.05) is 19.6 Å². The topological polar surface area (TPSA) is 41.9 Å². The van der Waals surface area contributed by atoms with Crippen molar-refractivity contribution >= 4 is 0 Å². The quantitative estimate of drug-likeness (QED) is 0.840. The van der Waals surface area contributed by atoms with Gasteiger partial charge in [0.25, 0.3) is 0 Å². The van der Waals surface area contributed by atoms with Crippen molar-refractivity contribution in [2.45, 2.75) is 33.8 Å². The molecule has 0 radical (unpaired) electrons. The van der Waals surface area contributed by atoms with E-state index in [4.69, 9.17) is 9.47 Å². The largest absolute Gasteiger partial charge is 0.486 e. The summed E-state index contributed by atoms with van der Waals surface area (Å²) in [4.78, 5) is 2.34. The molecule has 1 unspecified atom stereocenters. The highest BCUT2D eigenvalue weighted by molar-refractivity contribution is 5.44. The molecular formula is C18H29NO3. The highest BCUT2D eigenvalue weighted by atomic mass is 16.6. The van der Waals surface area contributed by atoms with Crippen LogP contribution in [0.15, 0.2) is 18.2 Å². The Morgan fingerprint density at radius 3 is 2.14 bits per heavy atom. The summed E-state index contributed by atoms with van der Waals surface area (Å²) in [6, 6.07) is 5.73. The van der Waals surface area contributed by atoms with Gasteiger partial charge in [0.1, 0.15) is 13.2 Å². The molecule has 0 spiro atoms. The molecule has 0 aromatic heterocycles. The lowest BCUT2D eigenvalue weighted by molar-refractivity contribution is 0.0979. The predicted octanol–water partition coefficient (Wildman–Crippen LogP) is 3.11. The zero-order chi connectivity index (χ0) is 16.1. The van der Waals surface area contributed by atoms with Crippen LogP contribution in [0.1, 0.15) is 39.4 Å². The lowest BCUT2D eigenvalue weighted by Crippen LogP contribution is -2.35. The van der Waals surface area contributed by atoms with E-state index in [1.165, 1.54) is 0 Å². The molecule has 1 aliphatic rings. The third-order valence-electron chi connectivity index (χ3n) is 3.63.